The second-order valence-corrected chi connectivity index (χ2v) is 8.63. The summed E-state index contributed by atoms with van der Waals surface area (Å²) < 4.78 is 24.4. The zero-order valence-corrected chi connectivity index (χ0v) is 13.6. The Labute approximate surface area is 133 Å². The lowest BCUT2D eigenvalue weighted by Gasteiger charge is -2.05. The van der Waals surface area contributed by atoms with Gasteiger partial charge < -0.3 is 0 Å². The fourth-order valence-electron chi connectivity index (χ4n) is 1.75. The molecule has 0 bridgehead atoms. The van der Waals surface area contributed by atoms with Gasteiger partial charge in [0.25, 0.3) is 5.91 Å². The van der Waals surface area contributed by atoms with Crippen LogP contribution in [0.15, 0.2) is 53.4 Å². The summed E-state index contributed by atoms with van der Waals surface area (Å²) in [5.41, 5.74) is 4.30. The molecular formula is C15H16N2O3S2. The van der Waals surface area contributed by atoms with Crippen molar-refractivity contribution in [2.24, 2.45) is 5.84 Å². The number of hydrazine groups is 1. The Morgan fingerprint density at radius 1 is 1.09 bits per heavy atom. The Bertz CT molecular complexity index is 754. The highest BCUT2D eigenvalue weighted by Gasteiger charge is 2.15. The molecule has 2 aromatic rings. The minimum Gasteiger partial charge on any atom is -0.290 e. The molecule has 0 aliphatic carbocycles. The Morgan fingerprint density at radius 3 is 2.23 bits per heavy atom. The fraction of sp³-hybridized carbons (Fsp3) is 0.133. The van der Waals surface area contributed by atoms with E-state index in [2.05, 4.69) is 0 Å². The normalized spacial score (nSPS) is 11.2. The van der Waals surface area contributed by atoms with Crippen molar-refractivity contribution < 1.29 is 13.2 Å². The van der Waals surface area contributed by atoms with Gasteiger partial charge in [0.15, 0.2) is 0 Å². The maximum atomic E-state index is 12.2. The number of amides is 1. The van der Waals surface area contributed by atoms with Gasteiger partial charge in [-0.25, -0.2) is 14.3 Å². The maximum Gasteiger partial charge on any atom is 0.265 e. The molecule has 2 aromatic carbocycles. The third-order valence-electron chi connectivity index (χ3n) is 3.04. The van der Waals surface area contributed by atoms with Crippen LogP contribution in [0.25, 0.3) is 0 Å². The molecule has 2 rings (SSSR count). The standard InChI is InChI=1S/C15H16N2O3S2/c1-11-2-8-14(9-3-11)22(19,20)21-10-12-4-6-13(7-5-12)15(18)17-16/h2-9H,10,16H2,1H3,(H,17,18). The van der Waals surface area contributed by atoms with Crippen LogP contribution < -0.4 is 11.3 Å². The van der Waals surface area contributed by atoms with Crippen molar-refractivity contribution in [3.63, 3.8) is 0 Å². The number of carbonyl (C=O) groups is 1. The van der Waals surface area contributed by atoms with E-state index in [4.69, 9.17) is 5.84 Å². The SMILES string of the molecule is Cc1ccc(S(=O)(=O)SCc2ccc(C(=O)NN)cc2)cc1. The largest absolute Gasteiger partial charge is 0.290 e. The van der Waals surface area contributed by atoms with Gasteiger partial charge in [-0.2, -0.15) is 0 Å². The number of rotatable bonds is 5. The lowest BCUT2D eigenvalue weighted by atomic mass is 10.1. The molecule has 0 fully saturated rings. The molecular weight excluding hydrogens is 320 g/mol. The van der Waals surface area contributed by atoms with Crippen molar-refractivity contribution in [3.8, 4) is 0 Å². The van der Waals surface area contributed by atoms with Gasteiger partial charge in [0.05, 0.1) is 4.90 Å². The molecule has 1 amide bonds. The van der Waals surface area contributed by atoms with E-state index >= 15 is 0 Å². The lowest BCUT2D eigenvalue weighted by molar-refractivity contribution is 0.0953. The summed E-state index contributed by atoms with van der Waals surface area (Å²) in [5, 5.41) is 0. The van der Waals surface area contributed by atoms with E-state index in [1.54, 1.807) is 48.5 Å². The number of nitrogens with two attached hydrogens (primary N) is 1. The summed E-state index contributed by atoms with van der Waals surface area (Å²) in [6, 6.07) is 13.4. The Balaban J connectivity index is 2.05. The molecule has 116 valence electrons. The number of aryl methyl sites for hydroxylation is 1. The molecule has 0 saturated carbocycles. The van der Waals surface area contributed by atoms with Crippen molar-refractivity contribution in [1.29, 1.82) is 0 Å². The monoisotopic (exact) mass is 336 g/mol. The van der Waals surface area contributed by atoms with Gasteiger partial charge >= 0.3 is 0 Å². The van der Waals surface area contributed by atoms with Crippen LogP contribution in [0, 0.1) is 6.92 Å². The predicted molar refractivity (Wildman–Crippen MR) is 87.8 cm³/mol. The van der Waals surface area contributed by atoms with Crippen LogP contribution in [0.4, 0.5) is 0 Å². The van der Waals surface area contributed by atoms with Crippen molar-refractivity contribution in [2.45, 2.75) is 17.6 Å². The van der Waals surface area contributed by atoms with Gasteiger partial charge in [0.2, 0.25) is 8.87 Å². The van der Waals surface area contributed by atoms with E-state index in [1.807, 2.05) is 12.3 Å². The maximum absolute atomic E-state index is 12.2. The molecule has 0 aliphatic heterocycles. The molecule has 7 heteroatoms. The number of benzene rings is 2. The van der Waals surface area contributed by atoms with Gasteiger partial charge in [-0.1, -0.05) is 29.8 Å². The molecule has 0 aliphatic rings. The van der Waals surface area contributed by atoms with Crippen LogP contribution in [-0.2, 0) is 14.6 Å². The third kappa shape index (κ3) is 4.09. The first-order chi connectivity index (χ1) is 10.4. The predicted octanol–water partition coefficient (Wildman–Crippen LogP) is 2.22. The van der Waals surface area contributed by atoms with E-state index in [1.165, 1.54) is 0 Å². The summed E-state index contributed by atoms with van der Waals surface area (Å²) in [7, 11) is -2.53. The number of hydrogen-bond donors (Lipinski definition) is 2. The Hall–Kier alpha value is -1.83. The van der Waals surface area contributed by atoms with Crippen molar-refractivity contribution in [3.05, 3.63) is 65.2 Å². The smallest absolute Gasteiger partial charge is 0.265 e. The average Bonchev–Trinajstić information content (AvgIpc) is 2.53. The number of carbonyl (C=O) groups excluding carboxylic acids is 1. The van der Waals surface area contributed by atoms with E-state index < -0.39 is 8.87 Å². The number of nitrogens with one attached hydrogen (secondary N) is 1. The number of nitrogen functional groups attached to an aromatic ring is 1. The molecule has 22 heavy (non-hydrogen) atoms. The summed E-state index contributed by atoms with van der Waals surface area (Å²) >= 11 is 0. The molecule has 0 saturated heterocycles. The van der Waals surface area contributed by atoms with Gasteiger partial charge in [-0.15, -0.1) is 0 Å². The topological polar surface area (TPSA) is 89.3 Å². The highest BCUT2D eigenvalue weighted by atomic mass is 33.1. The molecule has 3 N–H and O–H groups in total. The number of hydrogen-bond acceptors (Lipinski definition) is 5. The fourth-order valence-corrected chi connectivity index (χ4v) is 4.46. The first-order valence-corrected chi connectivity index (χ1v) is 9.47. The Kier molecular flexibility index (Phi) is 5.23. The molecule has 0 aromatic heterocycles. The van der Waals surface area contributed by atoms with Crippen LogP contribution in [-0.4, -0.2) is 14.3 Å². The quantitative estimate of drug-likeness (QED) is 0.378. The molecule has 5 nitrogen and oxygen atoms in total. The van der Waals surface area contributed by atoms with Crippen LogP contribution >= 0.6 is 10.8 Å². The Morgan fingerprint density at radius 2 is 1.68 bits per heavy atom. The summed E-state index contributed by atoms with van der Waals surface area (Å²) in [4.78, 5) is 11.6. The minimum atomic E-state index is -3.39. The highest BCUT2D eigenvalue weighted by molar-refractivity contribution is 8.71. The molecule has 0 unspecified atom stereocenters. The average molecular weight is 336 g/mol. The molecule has 0 spiro atoms. The van der Waals surface area contributed by atoms with E-state index in [0.717, 1.165) is 21.9 Å². The second-order valence-electron chi connectivity index (χ2n) is 4.70. The summed E-state index contributed by atoms with van der Waals surface area (Å²) in [5.74, 6) is 4.97. The van der Waals surface area contributed by atoms with E-state index in [0.29, 0.717) is 16.2 Å². The van der Waals surface area contributed by atoms with Gasteiger partial charge in [-0.3, -0.25) is 10.2 Å². The van der Waals surface area contributed by atoms with Crippen molar-refractivity contribution in [1.82, 2.24) is 5.43 Å². The van der Waals surface area contributed by atoms with Crippen molar-refractivity contribution >= 4 is 25.6 Å². The zero-order valence-electron chi connectivity index (χ0n) is 11.9. The van der Waals surface area contributed by atoms with Gasteiger partial charge in [0, 0.05) is 11.3 Å². The highest BCUT2D eigenvalue weighted by Crippen LogP contribution is 2.27. The summed E-state index contributed by atoms with van der Waals surface area (Å²) in [6.45, 7) is 1.91. The first kappa shape index (κ1) is 16.5. The minimum absolute atomic E-state index is 0.294. The van der Waals surface area contributed by atoms with Crippen LogP contribution in [0.3, 0.4) is 0 Å². The van der Waals surface area contributed by atoms with E-state index in [9.17, 15) is 13.2 Å². The van der Waals surface area contributed by atoms with Crippen molar-refractivity contribution in [2.75, 3.05) is 0 Å². The molecule has 0 radical (unpaired) electrons. The summed E-state index contributed by atoms with van der Waals surface area (Å²) in [6.07, 6.45) is 0. The van der Waals surface area contributed by atoms with Crippen LogP contribution in [0.1, 0.15) is 21.5 Å². The van der Waals surface area contributed by atoms with Crippen LogP contribution in [0.2, 0.25) is 0 Å². The third-order valence-corrected chi connectivity index (χ3v) is 6.51. The zero-order chi connectivity index (χ0) is 16.2. The van der Waals surface area contributed by atoms with Gasteiger partial charge in [-0.05, 0) is 47.5 Å². The van der Waals surface area contributed by atoms with Crippen LogP contribution in [0.5, 0.6) is 0 Å². The molecule has 0 heterocycles. The molecule has 0 atom stereocenters. The lowest BCUT2D eigenvalue weighted by Crippen LogP contribution is -2.29. The second kappa shape index (κ2) is 6.95. The first-order valence-electron chi connectivity index (χ1n) is 6.48. The van der Waals surface area contributed by atoms with E-state index in [-0.39, 0.29) is 5.91 Å². The van der Waals surface area contributed by atoms with Gasteiger partial charge in [0.1, 0.15) is 0 Å².